The van der Waals surface area contributed by atoms with Gasteiger partial charge in [-0.1, -0.05) is 30.7 Å². The first-order chi connectivity index (χ1) is 15.2. The van der Waals surface area contributed by atoms with Crippen molar-refractivity contribution in [3.63, 3.8) is 0 Å². The Morgan fingerprint density at radius 1 is 1.12 bits per heavy atom. The molecule has 0 aliphatic carbocycles. The van der Waals surface area contributed by atoms with Crippen LogP contribution in [0.25, 0.3) is 0 Å². The molecule has 0 saturated carbocycles. The van der Waals surface area contributed by atoms with Crippen LogP contribution in [0.2, 0.25) is 5.02 Å². The van der Waals surface area contributed by atoms with E-state index in [9.17, 15) is 18.0 Å². The van der Waals surface area contributed by atoms with Crippen molar-refractivity contribution in [2.45, 2.75) is 19.4 Å². The van der Waals surface area contributed by atoms with Gasteiger partial charge in [0.25, 0.3) is 5.91 Å². The maximum Gasteiger partial charge on any atom is 0.256 e. The van der Waals surface area contributed by atoms with Crippen LogP contribution in [-0.2, 0) is 19.6 Å². The van der Waals surface area contributed by atoms with E-state index in [1.54, 1.807) is 60.4 Å². The van der Waals surface area contributed by atoms with Crippen molar-refractivity contribution in [3.05, 3.63) is 59.1 Å². The number of ether oxygens (including phenoxy) is 1. The van der Waals surface area contributed by atoms with Gasteiger partial charge in [-0.2, -0.15) is 0 Å². The first-order valence-electron chi connectivity index (χ1n) is 10.2. The Balaban J connectivity index is 1.89. The number of halogens is 1. The maximum atomic E-state index is 13.2. The third kappa shape index (κ3) is 5.59. The van der Waals surface area contributed by atoms with Crippen molar-refractivity contribution in [1.82, 2.24) is 4.90 Å². The maximum absolute atomic E-state index is 13.2. The molecule has 2 aromatic carbocycles. The summed E-state index contributed by atoms with van der Waals surface area (Å²) in [5.74, 6) is -0.745. The summed E-state index contributed by atoms with van der Waals surface area (Å²) in [6.07, 6.45) is 1.27. The Morgan fingerprint density at radius 2 is 1.75 bits per heavy atom. The molecule has 0 bridgehead atoms. The second-order valence-corrected chi connectivity index (χ2v) is 9.69. The molecule has 0 aromatic heterocycles. The molecule has 2 amide bonds. The van der Waals surface area contributed by atoms with E-state index in [1.165, 1.54) is 0 Å². The summed E-state index contributed by atoms with van der Waals surface area (Å²) in [6.45, 7) is 3.59. The van der Waals surface area contributed by atoms with E-state index in [1.807, 2.05) is 0 Å². The van der Waals surface area contributed by atoms with Crippen LogP contribution in [0.1, 0.15) is 23.7 Å². The van der Waals surface area contributed by atoms with Gasteiger partial charge in [0.1, 0.15) is 6.04 Å². The third-order valence-electron chi connectivity index (χ3n) is 5.12. The first-order valence-corrected chi connectivity index (χ1v) is 12.5. The van der Waals surface area contributed by atoms with Crippen LogP contribution in [0, 0.1) is 0 Å². The van der Waals surface area contributed by atoms with E-state index >= 15 is 0 Å². The van der Waals surface area contributed by atoms with Gasteiger partial charge in [-0.25, -0.2) is 8.42 Å². The Hall–Kier alpha value is -2.62. The standard InChI is InChI=1S/C22H26ClN3O5S/c1-3-20(26(32(2,29)30)17-10-8-16(23)9-11-17)21(27)24-19-7-5-4-6-18(19)22(28)25-12-14-31-15-13-25/h4-11,20H,3,12-15H2,1-2H3,(H,24,27). The molecule has 1 heterocycles. The molecule has 1 atom stereocenters. The Labute approximate surface area is 193 Å². The van der Waals surface area contributed by atoms with E-state index in [4.69, 9.17) is 16.3 Å². The monoisotopic (exact) mass is 479 g/mol. The Morgan fingerprint density at radius 3 is 2.34 bits per heavy atom. The Bertz CT molecular complexity index is 1070. The van der Waals surface area contributed by atoms with Crippen molar-refractivity contribution in [1.29, 1.82) is 0 Å². The summed E-state index contributed by atoms with van der Waals surface area (Å²) >= 11 is 5.93. The summed E-state index contributed by atoms with van der Waals surface area (Å²) in [4.78, 5) is 27.9. The van der Waals surface area contributed by atoms with Crippen molar-refractivity contribution in [2.24, 2.45) is 0 Å². The molecule has 0 radical (unpaired) electrons. The van der Waals surface area contributed by atoms with Crippen LogP contribution in [0.4, 0.5) is 11.4 Å². The number of hydrogen-bond donors (Lipinski definition) is 1. The lowest BCUT2D eigenvalue weighted by atomic mass is 10.1. The fourth-order valence-electron chi connectivity index (χ4n) is 3.58. The fraction of sp³-hybridized carbons (Fsp3) is 0.364. The number of nitrogens with zero attached hydrogens (tertiary/aromatic N) is 2. The highest BCUT2D eigenvalue weighted by atomic mass is 35.5. The first kappa shape index (κ1) is 24.0. The molecular formula is C22H26ClN3O5S. The second-order valence-electron chi connectivity index (χ2n) is 7.40. The highest BCUT2D eigenvalue weighted by Gasteiger charge is 2.32. The number of benzene rings is 2. The molecule has 0 spiro atoms. The summed E-state index contributed by atoms with van der Waals surface area (Å²) in [6, 6.07) is 11.9. The number of morpholine rings is 1. The molecule has 32 heavy (non-hydrogen) atoms. The van der Waals surface area contributed by atoms with Gasteiger partial charge in [0, 0.05) is 18.1 Å². The fourth-order valence-corrected chi connectivity index (χ4v) is 4.92. The molecule has 1 saturated heterocycles. The zero-order valence-corrected chi connectivity index (χ0v) is 19.5. The van der Waals surface area contributed by atoms with E-state index in [-0.39, 0.29) is 12.3 Å². The van der Waals surface area contributed by atoms with Gasteiger partial charge in [0.15, 0.2) is 0 Å². The minimum atomic E-state index is -3.78. The summed E-state index contributed by atoms with van der Waals surface area (Å²) < 4.78 is 31.6. The zero-order chi connectivity index (χ0) is 23.3. The molecule has 172 valence electrons. The van der Waals surface area contributed by atoms with Crippen LogP contribution >= 0.6 is 11.6 Å². The number of anilines is 2. The number of rotatable bonds is 7. The van der Waals surface area contributed by atoms with Gasteiger partial charge >= 0.3 is 0 Å². The Kier molecular flexibility index (Phi) is 7.76. The zero-order valence-electron chi connectivity index (χ0n) is 18.0. The molecule has 2 aromatic rings. The van der Waals surface area contributed by atoms with Crippen LogP contribution in [0.15, 0.2) is 48.5 Å². The lowest BCUT2D eigenvalue weighted by Gasteiger charge is -2.31. The highest BCUT2D eigenvalue weighted by Crippen LogP contribution is 2.26. The van der Waals surface area contributed by atoms with E-state index in [0.717, 1.165) is 10.6 Å². The van der Waals surface area contributed by atoms with Crippen LogP contribution in [-0.4, -0.2) is 63.7 Å². The minimum absolute atomic E-state index is 0.213. The number of carbonyl (C=O) groups is 2. The highest BCUT2D eigenvalue weighted by molar-refractivity contribution is 7.92. The minimum Gasteiger partial charge on any atom is -0.378 e. The van der Waals surface area contributed by atoms with Crippen molar-refractivity contribution >= 4 is 44.8 Å². The molecule has 1 fully saturated rings. The average Bonchev–Trinajstić information content (AvgIpc) is 2.78. The number of para-hydroxylation sites is 1. The number of carbonyl (C=O) groups excluding carboxylic acids is 2. The summed E-state index contributed by atoms with van der Waals surface area (Å²) in [5.41, 5.74) is 1.00. The van der Waals surface area contributed by atoms with Gasteiger partial charge in [0.2, 0.25) is 15.9 Å². The molecule has 10 heteroatoms. The summed E-state index contributed by atoms with van der Waals surface area (Å²) in [5, 5.41) is 3.22. The van der Waals surface area contributed by atoms with Gasteiger partial charge in [-0.3, -0.25) is 13.9 Å². The molecule has 1 N–H and O–H groups in total. The molecule has 8 nitrogen and oxygen atoms in total. The smallest absolute Gasteiger partial charge is 0.256 e. The number of hydrogen-bond acceptors (Lipinski definition) is 5. The quantitative estimate of drug-likeness (QED) is 0.658. The second kappa shape index (κ2) is 10.3. The third-order valence-corrected chi connectivity index (χ3v) is 6.56. The van der Waals surface area contributed by atoms with E-state index < -0.39 is 22.0 Å². The predicted octanol–water partition coefficient (Wildman–Crippen LogP) is 3.00. The number of nitrogens with one attached hydrogen (secondary N) is 1. The van der Waals surface area contributed by atoms with E-state index in [0.29, 0.717) is 48.3 Å². The number of amides is 2. The van der Waals surface area contributed by atoms with Crippen molar-refractivity contribution in [2.75, 3.05) is 42.2 Å². The van der Waals surface area contributed by atoms with Crippen LogP contribution in [0.5, 0.6) is 0 Å². The largest absolute Gasteiger partial charge is 0.378 e. The molecule has 1 aliphatic rings. The topological polar surface area (TPSA) is 96.0 Å². The predicted molar refractivity (Wildman–Crippen MR) is 125 cm³/mol. The normalized spacial score (nSPS) is 15.2. The van der Waals surface area contributed by atoms with Crippen LogP contribution in [0.3, 0.4) is 0 Å². The van der Waals surface area contributed by atoms with Gasteiger partial charge in [-0.05, 0) is 42.8 Å². The molecule has 1 unspecified atom stereocenters. The SMILES string of the molecule is CCC(C(=O)Nc1ccccc1C(=O)N1CCOCC1)N(c1ccc(Cl)cc1)S(C)(=O)=O. The van der Waals surface area contributed by atoms with Crippen molar-refractivity contribution in [3.8, 4) is 0 Å². The lowest BCUT2D eigenvalue weighted by molar-refractivity contribution is -0.117. The lowest BCUT2D eigenvalue weighted by Crippen LogP contribution is -2.47. The van der Waals surface area contributed by atoms with E-state index in [2.05, 4.69) is 5.32 Å². The summed E-state index contributed by atoms with van der Waals surface area (Å²) in [7, 11) is -3.78. The molecule has 1 aliphatic heterocycles. The molecular weight excluding hydrogens is 454 g/mol. The van der Waals surface area contributed by atoms with Gasteiger partial charge < -0.3 is 15.0 Å². The molecule has 3 rings (SSSR count). The number of sulfonamides is 1. The van der Waals surface area contributed by atoms with Gasteiger partial charge in [-0.15, -0.1) is 0 Å². The average molecular weight is 480 g/mol. The van der Waals surface area contributed by atoms with Crippen LogP contribution < -0.4 is 9.62 Å². The van der Waals surface area contributed by atoms with Crippen molar-refractivity contribution < 1.29 is 22.7 Å². The van der Waals surface area contributed by atoms with Gasteiger partial charge in [0.05, 0.1) is 36.4 Å².